The Bertz CT molecular complexity index is 857. The second kappa shape index (κ2) is 9.79. The van der Waals surface area contributed by atoms with Crippen LogP contribution in [0, 0.1) is 0 Å². The molecule has 0 N–H and O–H groups in total. The number of benzene rings is 1. The molecule has 9 heteroatoms. The first-order chi connectivity index (χ1) is 15.8. The summed E-state index contributed by atoms with van der Waals surface area (Å²) in [6.45, 7) is 9.95. The number of hydrogen-bond acceptors (Lipinski definition) is 9. The van der Waals surface area contributed by atoms with Gasteiger partial charge in [-0.1, -0.05) is 12.1 Å². The van der Waals surface area contributed by atoms with Crippen LogP contribution in [0.4, 0.5) is 23.3 Å². The summed E-state index contributed by atoms with van der Waals surface area (Å²) >= 11 is 0. The number of methoxy groups -OCH3 is 1. The maximum absolute atomic E-state index is 5.56. The predicted molar refractivity (Wildman–Crippen MR) is 126 cm³/mol. The van der Waals surface area contributed by atoms with Gasteiger partial charge < -0.3 is 33.8 Å². The first kappa shape index (κ1) is 21.1. The van der Waals surface area contributed by atoms with Crippen LogP contribution in [0.25, 0.3) is 0 Å². The summed E-state index contributed by atoms with van der Waals surface area (Å²) in [5.41, 5.74) is 1.15. The van der Waals surface area contributed by atoms with E-state index < -0.39 is 0 Å². The molecule has 3 aliphatic heterocycles. The van der Waals surface area contributed by atoms with E-state index in [2.05, 4.69) is 37.8 Å². The number of rotatable bonds is 5. The Balaban J connectivity index is 1.36. The fraction of sp³-hybridized carbons (Fsp3) is 0.565. The zero-order valence-electron chi connectivity index (χ0n) is 18.8. The first-order valence-electron chi connectivity index (χ1n) is 11.5. The molecule has 2 aromatic rings. The molecule has 0 radical (unpaired) electrons. The first-order valence-corrected chi connectivity index (χ1v) is 11.5. The van der Waals surface area contributed by atoms with Gasteiger partial charge in [-0.2, -0.15) is 9.97 Å². The van der Waals surface area contributed by atoms with E-state index in [9.17, 15) is 0 Å². The molecule has 9 nitrogen and oxygen atoms in total. The molecule has 3 aliphatic rings. The van der Waals surface area contributed by atoms with Crippen LogP contribution < -0.4 is 24.3 Å². The average molecular weight is 441 g/mol. The van der Waals surface area contributed by atoms with E-state index >= 15 is 0 Å². The molecule has 1 aromatic heterocycles. The summed E-state index contributed by atoms with van der Waals surface area (Å²) in [6, 6.07) is 10.3. The largest absolute Gasteiger partial charge is 0.495 e. The van der Waals surface area contributed by atoms with Crippen LogP contribution in [-0.2, 0) is 9.47 Å². The van der Waals surface area contributed by atoms with Gasteiger partial charge in [0.25, 0.3) is 0 Å². The van der Waals surface area contributed by atoms with Crippen LogP contribution in [0.15, 0.2) is 30.3 Å². The molecule has 0 spiro atoms. The molecule has 172 valence electrons. The van der Waals surface area contributed by atoms with Gasteiger partial charge in [0.2, 0.25) is 5.95 Å². The lowest BCUT2D eigenvalue weighted by Gasteiger charge is -2.38. The normalized spacial score (nSPS) is 19.9. The number of piperazine rings is 1. The summed E-state index contributed by atoms with van der Waals surface area (Å²) in [5.74, 6) is 3.72. The van der Waals surface area contributed by atoms with Gasteiger partial charge >= 0.3 is 0 Å². The maximum atomic E-state index is 5.56. The van der Waals surface area contributed by atoms with Crippen molar-refractivity contribution in [3.63, 3.8) is 0 Å². The zero-order valence-corrected chi connectivity index (χ0v) is 18.8. The lowest BCUT2D eigenvalue weighted by atomic mass is 10.2. The molecule has 0 bridgehead atoms. The van der Waals surface area contributed by atoms with Crippen LogP contribution in [0.3, 0.4) is 0 Å². The minimum Gasteiger partial charge on any atom is -0.495 e. The van der Waals surface area contributed by atoms with E-state index in [1.54, 1.807) is 7.11 Å². The fourth-order valence-corrected chi connectivity index (χ4v) is 4.50. The number of morpholine rings is 2. The highest BCUT2D eigenvalue weighted by Crippen LogP contribution is 2.30. The molecule has 0 atom stereocenters. The minimum absolute atomic E-state index is 0.740. The van der Waals surface area contributed by atoms with Gasteiger partial charge in [-0.3, -0.25) is 0 Å². The van der Waals surface area contributed by atoms with Crippen molar-refractivity contribution < 1.29 is 14.2 Å². The third kappa shape index (κ3) is 4.54. The molecule has 4 heterocycles. The summed E-state index contributed by atoms with van der Waals surface area (Å²) in [4.78, 5) is 19.3. The molecule has 32 heavy (non-hydrogen) atoms. The molecular weight excluding hydrogens is 408 g/mol. The molecule has 0 amide bonds. The smallest absolute Gasteiger partial charge is 0.229 e. The summed E-state index contributed by atoms with van der Waals surface area (Å²) in [6.07, 6.45) is 0. The minimum atomic E-state index is 0.740. The maximum Gasteiger partial charge on any atom is 0.229 e. The topological polar surface area (TPSA) is 66.4 Å². The lowest BCUT2D eigenvalue weighted by Crippen LogP contribution is -2.47. The zero-order chi connectivity index (χ0) is 21.8. The molecule has 3 saturated heterocycles. The molecule has 3 fully saturated rings. The average Bonchev–Trinajstić information content (AvgIpc) is 2.89. The summed E-state index contributed by atoms with van der Waals surface area (Å²) in [5, 5.41) is 0. The second-order valence-electron chi connectivity index (χ2n) is 8.23. The quantitative estimate of drug-likeness (QED) is 0.688. The highest BCUT2D eigenvalue weighted by atomic mass is 16.5. The number of para-hydroxylation sites is 2. The number of ether oxygens (including phenoxy) is 3. The Morgan fingerprint density at radius 2 is 1.22 bits per heavy atom. The number of aromatic nitrogens is 2. The molecule has 5 rings (SSSR count). The monoisotopic (exact) mass is 440 g/mol. The van der Waals surface area contributed by atoms with Crippen LogP contribution in [-0.4, -0.2) is 95.9 Å². The lowest BCUT2D eigenvalue weighted by molar-refractivity contribution is 0.122. The number of anilines is 4. The van der Waals surface area contributed by atoms with Crippen molar-refractivity contribution in [2.75, 3.05) is 105 Å². The van der Waals surface area contributed by atoms with Gasteiger partial charge in [-0.05, 0) is 12.1 Å². The van der Waals surface area contributed by atoms with E-state index in [4.69, 9.17) is 24.2 Å². The molecular formula is C23H32N6O3. The summed E-state index contributed by atoms with van der Waals surface area (Å²) < 4.78 is 16.7. The van der Waals surface area contributed by atoms with Crippen molar-refractivity contribution in [1.82, 2.24) is 9.97 Å². The van der Waals surface area contributed by atoms with E-state index in [1.165, 1.54) is 0 Å². The van der Waals surface area contributed by atoms with Gasteiger partial charge in [0, 0.05) is 58.4 Å². The standard InChI is InChI=1S/C23H32N6O3/c1-30-20-5-3-2-4-19(20)26-6-8-29(9-7-26)23-24-21(27-10-14-31-15-11-27)18-22(25-23)28-12-16-32-17-13-28/h2-5,18H,6-17H2,1H3. The van der Waals surface area contributed by atoms with Gasteiger partial charge in [0.15, 0.2) is 0 Å². The Kier molecular flexibility index (Phi) is 6.45. The van der Waals surface area contributed by atoms with E-state index in [1.807, 2.05) is 12.1 Å². The highest BCUT2D eigenvalue weighted by Gasteiger charge is 2.25. The Morgan fingerprint density at radius 1 is 0.688 bits per heavy atom. The molecule has 0 saturated carbocycles. The second-order valence-corrected chi connectivity index (χ2v) is 8.23. The van der Waals surface area contributed by atoms with Crippen molar-refractivity contribution in [3.05, 3.63) is 30.3 Å². The van der Waals surface area contributed by atoms with Crippen LogP contribution in [0.5, 0.6) is 5.75 Å². The SMILES string of the molecule is COc1ccccc1N1CCN(c2nc(N3CCOCC3)cc(N3CCOCC3)n2)CC1. The molecule has 0 aliphatic carbocycles. The van der Waals surface area contributed by atoms with E-state index in [-0.39, 0.29) is 0 Å². The van der Waals surface area contributed by atoms with Crippen molar-refractivity contribution >= 4 is 23.3 Å². The van der Waals surface area contributed by atoms with Gasteiger partial charge in [-0.25, -0.2) is 0 Å². The number of hydrogen-bond donors (Lipinski definition) is 0. The Morgan fingerprint density at radius 3 is 1.78 bits per heavy atom. The van der Waals surface area contributed by atoms with Gasteiger partial charge in [0.1, 0.15) is 17.4 Å². The van der Waals surface area contributed by atoms with Crippen molar-refractivity contribution in [1.29, 1.82) is 0 Å². The van der Waals surface area contributed by atoms with Gasteiger partial charge in [0.05, 0.1) is 39.2 Å². The predicted octanol–water partition coefficient (Wildman–Crippen LogP) is 1.49. The van der Waals surface area contributed by atoms with E-state index in [0.29, 0.717) is 0 Å². The van der Waals surface area contributed by atoms with Crippen LogP contribution >= 0.6 is 0 Å². The van der Waals surface area contributed by atoms with Crippen molar-refractivity contribution in [2.24, 2.45) is 0 Å². The Labute approximate surface area is 189 Å². The summed E-state index contributed by atoms with van der Waals surface area (Å²) in [7, 11) is 1.73. The third-order valence-electron chi connectivity index (χ3n) is 6.35. The molecule has 1 aromatic carbocycles. The molecule has 0 unspecified atom stereocenters. The number of nitrogens with zero attached hydrogens (tertiary/aromatic N) is 6. The fourth-order valence-electron chi connectivity index (χ4n) is 4.50. The van der Waals surface area contributed by atoms with Crippen LogP contribution in [0.1, 0.15) is 0 Å². The van der Waals surface area contributed by atoms with Crippen LogP contribution in [0.2, 0.25) is 0 Å². The van der Waals surface area contributed by atoms with E-state index in [0.717, 1.165) is 108 Å². The Hall–Kier alpha value is -2.78. The highest BCUT2D eigenvalue weighted by molar-refractivity contribution is 5.60. The third-order valence-corrected chi connectivity index (χ3v) is 6.35. The van der Waals surface area contributed by atoms with Crippen molar-refractivity contribution in [2.45, 2.75) is 0 Å². The van der Waals surface area contributed by atoms with Crippen molar-refractivity contribution in [3.8, 4) is 5.75 Å². The van der Waals surface area contributed by atoms with Gasteiger partial charge in [-0.15, -0.1) is 0 Å².